The van der Waals surface area contributed by atoms with Crippen LogP contribution in [0.5, 0.6) is 0 Å². The quantitative estimate of drug-likeness (QED) is 0.773. The molecule has 1 aromatic carbocycles. The second kappa shape index (κ2) is 5.94. The van der Waals surface area contributed by atoms with E-state index in [9.17, 15) is 4.79 Å². The van der Waals surface area contributed by atoms with E-state index in [0.29, 0.717) is 18.4 Å². The fourth-order valence-electron chi connectivity index (χ4n) is 3.61. The zero-order valence-corrected chi connectivity index (χ0v) is 11.6. The molecule has 3 rings (SSSR count). The van der Waals surface area contributed by atoms with Gasteiger partial charge in [-0.2, -0.15) is 0 Å². The van der Waals surface area contributed by atoms with E-state index in [1.807, 2.05) is 24.3 Å². The van der Waals surface area contributed by atoms with Gasteiger partial charge in [-0.15, -0.1) is 0 Å². The van der Waals surface area contributed by atoms with Crippen LogP contribution in [0.4, 0.5) is 0 Å². The molecular formula is C16H22N2O2. The Hall–Kier alpha value is -1.39. The van der Waals surface area contributed by atoms with Gasteiger partial charge >= 0.3 is 0 Å². The van der Waals surface area contributed by atoms with E-state index in [1.54, 1.807) is 0 Å². The van der Waals surface area contributed by atoms with Gasteiger partial charge in [0.1, 0.15) is 0 Å². The van der Waals surface area contributed by atoms with Crippen LogP contribution < -0.4 is 10.6 Å². The third kappa shape index (κ3) is 2.72. The lowest BCUT2D eigenvalue weighted by atomic mass is 9.93. The Balaban J connectivity index is 1.56. The number of amides is 1. The minimum Gasteiger partial charge on any atom is -0.392 e. The first-order chi connectivity index (χ1) is 9.78. The Labute approximate surface area is 119 Å². The van der Waals surface area contributed by atoms with Gasteiger partial charge in [-0.3, -0.25) is 4.79 Å². The molecule has 108 valence electrons. The van der Waals surface area contributed by atoms with E-state index in [2.05, 4.69) is 10.6 Å². The summed E-state index contributed by atoms with van der Waals surface area (Å²) >= 11 is 0. The molecule has 20 heavy (non-hydrogen) atoms. The molecule has 1 saturated heterocycles. The van der Waals surface area contributed by atoms with E-state index in [-0.39, 0.29) is 18.6 Å². The summed E-state index contributed by atoms with van der Waals surface area (Å²) in [6.45, 7) is 1.56. The monoisotopic (exact) mass is 274 g/mol. The molecule has 1 aliphatic carbocycles. The summed E-state index contributed by atoms with van der Waals surface area (Å²) in [5.41, 5.74) is 1.91. The summed E-state index contributed by atoms with van der Waals surface area (Å²) in [7, 11) is 0. The summed E-state index contributed by atoms with van der Waals surface area (Å²) in [6.07, 6.45) is 3.70. The summed E-state index contributed by atoms with van der Waals surface area (Å²) in [5.74, 6) is 1.34. The lowest BCUT2D eigenvalue weighted by Crippen LogP contribution is -2.43. The van der Waals surface area contributed by atoms with Crippen molar-refractivity contribution in [3.63, 3.8) is 0 Å². The van der Waals surface area contributed by atoms with Crippen LogP contribution in [0, 0.1) is 11.8 Å². The molecule has 0 spiro atoms. The highest BCUT2D eigenvalue weighted by Crippen LogP contribution is 2.37. The minimum atomic E-state index is -0.0106. The van der Waals surface area contributed by atoms with Crippen molar-refractivity contribution in [1.82, 2.24) is 10.6 Å². The molecule has 1 saturated carbocycles. The van der Waals surface area contributed by atoms with Crippen LogP contribution in [-0.2, 0) is 17.9 Å². The first-order valence-electron chi connectivity index (χ1n) is 7.47. The molecule has 0 radical (unpaired) electrons. The highest BCUT2D eigenvalue weighted by atomic mass is 16.3. The molecule has 0 bridgehead atoms. The second-order valence-electron chi connectivity index (χ2n) is 5.94. The van der Waals surface area contributed by atoms with Gasteiger partial charge in [-0.25, -0.2) is 0 Å². The van der Waals surface area contributed by atoms with Crippen molar-refractivity contribution in [2.24, 2.45) is 11.8 Å². The van der Waals surface area contributed by atoms with Crippen molar-refractivity contribution in [3.05, 3.63) is 35.4 Å². The molecule has 4 nitrogen and oxygen atoms in total. The molecule has 4 heteroatoms. The van der Waals surface area contributed by atoms with Crippen LogP contribution in [0.1, 0.15) is 30.4 Å². The lowest BCUT2D eigenvalue weighted by Gasteiger charge is -2.17. The maximum atomic E-state index is 12.3. The molecule has 3 atom stereocenters. The van der Waals surface area contributed by atoms with Crippen LogP contribution in [0.2, 0.25) is 0 Å². The van der Waals surface area contributed by atoms with Gasteiger partial charge in [0.05, 0.1) is 12.6 Å². The maximum Gasteiger partial charge on any atom is 0.237 e. The van der Waals surface area contributed by atoms with Gasteiger partial charge in [0.25, 0.3) is 0 Å². The number of hydrogen-bond donors (Lipinski definition) is 3. The van der Waals surface area contributed by atoms with Crippen molar-refractivity contribution < 1.29 is 9.90 Å². The van der Waals surface area contributed by atoms with Crippen LogP contribution in [0.3, 0.4) is 0 Å². The third-order valence-electron chi connectivity index (χ3n) is 4.67. The normalized spacial score (nSPS) is 28.4. The van der Waals surface area contributed by atoms with E-state index in [1.165, 1.54) is 19.3 Å². The van der Waals surface area contributed by atoms with E-state index in [0.717, 1.165) is 17.7 Å². The number of aliphatic hydroxyl groups is 1. The molecule has 1 amide bonds. The number of nitrogens with one attached hydrogen (secondary N) is 2. The fraction of sp³-hybridized carbons (Fsp3) is 0.562. The zero-order valence-electron chi connectivity index (χ0n) is 11.6. The summed E-state index contributed by atoms with van der Waals surface area (Å²) in [4.78, 5) is 12.3. The summed E-state index contributed by atoms with van der Waals surface area (Å²) in [5, 5.41) is 15.5. The molecule has 0 aromatic heterocycles. The first kappa shape index (κ1) is 13.6. The Morgan fingerprint density at radius 1 is 1.35 bits per heavy atom. The van der Waals surface area contributed by atoms with E-state index >= 15 is 0 Å². The average molecular weight is 274 g/mol. The molecule has 1 aliphatic heterocycles. The number of benzene rings is 1. The summed E-state index contributed by atoms with van der Waals surface area (Å²) < 4.78 is 0. The number of aliphatic hydroxyl groups excluding tert-OH is 1. The number of rotatable bonds is 4. The van der Waals surface area contributed by atoms with Gasteiger partial charge < -0.3 is 15.7 Å². The standard InChI is InChI=1S/C16H22N2O2/c19-10-12-4-1-3-11(7-12)8-18-16(20)15-14-6-2-5-13(14)9-17-15/h1,3-4,7,13-15,17,19H,2,5-6,8-10H2,(H,18,20). The smallest absolute Gasteiger partial charge is 0.237 e. The number of carbonyl (C=O) groups is 1. The average Bonchev–Trinajstić information content (AvgIpc) is 3.07. The van der Waals surface area contributed by atoms with Gasteiger partial charge in [0, 0.05) is 6.54 Å². The SMILES string of the molecule is O=C(NCc1cccc(CO)c1)C1NCC2CCCC21. The van der Waals surface area contributed by atoms with Crippen molar-refractivity contribution in [3.8, 4) is 0 Å². The third-order valence-corrected chi connectivity index (χ3v) is 4.67. The second-order valence-corrected chi connectivity index (χ2v) is 5.94. The van der Waals surface area contributed by atoms with Crippen LogP contribution >= 0.6 is 0 Å². The molecule has 3 unspecified atom stereocenters. The van der Waals surface area contributed by atoms with Crippen molar-refractivity contribution >= 4 is 5.91 Å². The fourth-order valence-corrected chi connectivity index (χ4v) is 3.61. The maximum absolute atomic E-state index is 12.3. The highest BCUT2D eigenvalue weighted by molar-refractivity contribution is 5.82. The molecule has 2 aliphatic rings. The Bertz CT molecular complexity index is 489. The largest absolute Gasteiger partial charge is 0.392 e. The van der Waals surface area contributed by atoms with Gasteiger partial charge in [-0.05, 0) is 42.3 Å². The van der Waals surface area contributed by atoms with Gasteiger partial charge in [-0.1, -0.05) is 30.7 Å². The van der Waals surface area contributed by atoms with Crippen LogP contribution in [0.15, 0.2) is 24.3 Å². The number of hydrogen-bond acceptors (Lipinski definition) is 3. The van der Waals surface area contributed by atoms with E-state index < -0.39 is 0 Å². The predicted molar refractivity (Wildman–Crippen MR) is 76.8 cm³/mol. The van der Waals surface area contributed by atoms with E-state index in [4.69, 9.17) is 5.11 Å². The van der Waals surface area contributed by atoms with Crippen LogP contribution in [-0.4, -0.2) is 23.6 Å². The Morgan fingerprint density at radius 3 is 3.05 bits per heavy atom. The summed E-state index contributed by atoms with van der Waals surface area (Å²) in [6, 6.07) is 7.69. The zero-order chi connectivity index (χ0) is 13.9. The Morgan fingerprint density at radius 2 is 2.20 bits per heavy atom. The molecule has 1 heterocycles. The topological polar surface area (TPSA) is 61.4 Å². The molecular weight excluding hydrogens is 252 g/mol. The van der Waals surface area contributed by atoms with Gasteiger partial charge in [0.15, 0.2) is 0 Å². The number of fused-ring (bicyclic) bond motifs is 1. The molecule has 3 N–H and O–H groups in total. The Kier molecular flexibility index (Phi) is 4.03. The molecule has 2 fully saturated rings. The van der Waals surface area contributed by atoms with Crippen molar-refractivity contribution in [2.75, 3.05) is 6.54 Å². The number of carbonyl (C=O) groups excluding carboxylic acids is 1. The first-order valence-corrected chi connectivity index (χ1v) is 7.47. The van der Waals surface area contributed by atoms with Crippen molar-refractivity contribution in [2.45, 2.75) is 38.5 Å². The van der Waals surface area contributed by atoms with Crippen LogP contribution in [0.25, 0.3) is 0 Å². The van der Waals surface area contributed by atoms with Gasteiger partial charge in [0.2, 0.25) is 5.91 Å². The predicted octanol–water partition coefficient (Wildman–Crippen LogP) is 1.18. The lowest BCUT2D eigenvalue weighted by molar-refractivity contribution is -0.123. The minimum absolute atomic E-state index is 0.0106. The van der Waals surface area contributed by atoms with Crippen molar-refractivity contribution in [1.29, 1.82) is 0 Å². The highest BCUT2D eigenvalue weighted by Gasteiger charge is 2.42. The molecule has 1 aromatic rings.